The minimum Gasteiger partial charge on any atom is -0.354 e. The third kappa shape index (κ3) is 3.67. The van der Waals surface area contributed by atoms with Crippen LogP contribution in [-0.2, 0) is 9.47 Å². The van der Waals surface area contributed by atoms with Crippen LogP contribution < -0.4 is 5.73 Å². The van der Waals surface area contributed by atoms with E-state index in [4.69, 9.17) is 15.2 Å². The molecule has 1 unspecified atom stereocenters. The summed E-state index contributed by atoms with van der Waals surface area (Å²) in [5, 5.41) is 0. The van der Waals surface area contributed by atoms with Crippen LogP contribution in [0, 0.1) is 5.92 Å². The van der Waals surface area contributed by atoms with E-state index in [2.05, 4.69) is 18.9 Å². The van der Waals surface area contributed by atoms with Gasteiger partial charge in [-0.25, -0.2) is 0 Å². The van der Waals surface area contributed by atoms with E-state index in [1.54, 1.807) is 14.2 Å². The van der Waals surface area contributed by atoms with Gasteiger partial charge in [0.05, 0.1) is 5.54 Å². The lowest BCUT2D eigenvalue weighted by Gasteiger charge is -2.44. The Bertz CT molecular complexity index is 228. The lowest BCUT2D eigenvalue weighted by atomic mass is 9.87. The summed E-state index contributed by atoms with van der Waals surface area (Å²) >= 11 is 0. The topological polar surface area (TPSA) is 47.7 Å². The Labute approximate surface area is 112 Å². The van der Waals surface area contributed by atoms with Gasteiger partial charge in [-0.05, 0) is 32.7 Å². The van der Waals surface area contributed by atoms with E-state index in [1.165, 1.54) is 32.1 Å². The lowest BCUT2D eigenvalue weighted by molar-refractivity contribution is -0.179. The molecule has 2 N–H and O–H groups in total. The number of hydrogen-bond donors (Lipinski definition) is 1. The molecule has 0 saturated heterocycles. The minimum atomic E-state index is -0.281. The second-order valence-electron chi connectivity index (χ2n) is 5.75. The molecule has 1 aliphatic rings. The molecule has 4 nitrogen and oxygen atoms in total. The average Bonchev–Trinajstić information content (AvgIpc) is 2.40. The fourth-order valence-corrected chi connectivity index (χ4v) is 3.00. The third-order valence-corrected chi connectivity index (χ3v) is 4.48. The maximum Gasteiger partial charge on any atom is 0.176 e. The standard InChI is InChI=1S/C14H30N2O2/c1-14(11-15,13(17-3)18-4)16(2)10-12-8-6-5-7-9-12/h12-13H,5-11,15H2,1-4H3. The van der Waals surface area contributed by atoms with Crippen LogP contribution >= 0.6 is 0 Å². The Morgan fingerprint density at radius 2 is 1.78 bits per heavy atom. The summed E-state index contributed by atoms with van der Waals surface area (Å²) in [4.78, 5) is 2.32. The minimum absolute atomic E-state index is 0.263. The van der Waals surface area contributed by atoms with Gasteiger partial charge in [0.1, 0.15) is 0 Å². The zero-order valence-electron chi connectivity index (χ0n) is 12.4. The molecule has 0 aromatic heterocycles. The van der Waals surface area contributed by atoms with Crippen molar-refractivity contribution >= 4 is 0 Å². The fraction of sp³-hybridized carbons (Fsp3) is 1.00. The van der Waals surface area contributed by atoms with E-state index in [9.17, 15) is 0 Å². The van der Waals surface area contributed by atoms with E-state index >= 15 is 0 Å². The number of hydrogen-bond acceptors (Lipinski definition) is 4. The third-order valence-electron chi connectivity index (χ3n) is 4.48. The molecule has 0 spiro atoms. The van der Waals surface area contributed by atoms with E-state index in [0.29, 0.717) is 6.54 Å². The number of rotatable bonds is 7. The second kappa shape index (κ2) is 7.43. The summed E-state index contributed by atoms with van der Waals surface area (Å²) in [7, 11) is 5.49. The van der Waals surface area contributed by atoms with Crippen molar-refractivity contribution in [2.24, 2.45) is 11.7 Å². The van der Waals surface area contributed by atoms with Gasteiger partial charge in [-0.3, -0.25) is 4.90 Å². The van der Waals surface area contributed by atoms with Crippen LogP contribution in [-0.4, -0.2) is 51.1 Å². The van der Waals surface area contributed by atoms with Gasteiger partial charge in [0.2, 0.25) is 0 Å². The monoisotopic (exact) mass is 258 g/mol. The Morgan fingerprint density at radius 1 is 1.22 bits per heavy atom. The zero-order valence-corrected chi connectivity index (χ0v) is 12.4. The smallest absolute Gasteiger partial charge is 0.176 e. The summed E-state index contributed by atoms with van der Waals surface area (Å²) in [6, 6.07) is 0. The molecule has 1 rings (SSSR count). The maximum atomic E-state index is 5.96. The van der Waals surface area contributed by atoms with Crippen LogP contribution in [0.5, 0.6) is 0 Å². The van der Waals surface area contributed by atoms with E-state index in [-0.39, 0.29) is 11.8 Å². The molecule has 18 heavy (non-hydrogen) atoms. The summed E-state index contributed by atoms with van der Waals surface area (Å²) in [6.07, 6.45) is 6.54. The molecule has 0 aromatic carbocycles. The van der Waals surface area contributed by atoms with Crippen molar-refractivity contribution in [1.82, 2.24) is 4.90 Å². The Balaban J connectivity index is 2.61. The van der Waals surface area contributed by atoms with Crippen molar-refractivity contribution in [3.8, 4) is 0 Å². The molecule has 0 aliphatic heterocycles. The molecule has 0 heterocycles. The summed E-state index contributed by atoms with van der Waals surface area (Å²) < 4.78 is 10.8. The quantitative estimate of drug-likeness (QED) is 0.708. The lowest BCUT2D eigenvalue weighted by Crippen LogP contribution is -2.60. The highest BCUT2D eigenvalue weighted by Crippen LogP contribution is 2.28. The molecular weight excluding hydrogens is 228 g/mol. The molecule has 1 aliphatic carbocycles. The molecule has 1 saturated carbocycles. The molecule has 1 atom stereocenters. The van der Waals surface area contributed by atoms with E-state index < -0.39 is 0 Å². The number of nitrogens with zero attached hydrogens (tertiary/aromatic N) is 1. The molecule has 0 bridgehead atoms. The molecule has 0 radical (unpaired) electrons. The van der Waals surface area contributed by atoms with Crippen molar-refractivity contribution in [1.29, 1.82) is 0 Å². The van der Waals surface area contributed by atoms with Gasteiger partial charge in [0.15, 0.2) is 6.29 Å². The van der Waals surface area contributed by atoms with Gasteiger partial charge in [-0.1, -0.05) is 19.3 Å². The van der Waals surface area contributed by atoms with Gasteiger partial charge >= 0.3 is 0 Å². The predicted molar refractivity (Wildman–Crippen MR) is 74.5 cm³/mol. The van der Waals surface area contributed by atoms with E-state index in [1.807, 2.05) is 0 Å². The van der Waals surface area contributed by atoms with Gasteiger partial charge < -0.3 is 15.2 Å². The maximum absolute atomic E-state index is 5.96. The average molecular weight is 258 g/mol. The van der Waals surface area contributed by atoms with Gasteiger partial charge in [-0.15, -0.1) is 0 Å². The van der Waals surface area contributed by atoms with Crippen molar-refractivity contribution in [3.63, 3.8) is 0 Å². The Morgan fingerprint density at radius 3 is 2.22 bits per heavy atom. The predicted octanol–water partition coefficient (Wildman–Crippen LogP) is 1.83. The first kappa shape index (κ1) is 15.9. The highest BCUT2D eigenvalue weighted by molar-refractivity contribution is 4.90. The van der Waals surface area contributed by atoms with Crippen molar-refractivity contribution in [2.45, 2.75) is 50.9 Å². The van der Waals surface area contributed by atoms with Crippen molar-refractivity contribution in [2.75, 3.05) is 34.4 Å². The fourth-order valence-electron chi connectivity index (χ4n) is 3.00. The largest absolute Gasteiger partial charge is 0.354 e. The van der Waals surface area contributed by atoms with Crippen LogP contribution in [0.25, 0.3) is 0 Å². The van der Waals surface area contributed by atoms with Crippen LogP contribution in [0.2, 0.25) is 0 Å². The molecule has 0 aromatic rings. The highest BCUT2D eigenvalue weighted by Gasteiger charge is 2.38. The van der Waals surface area contributed by atoms with Crippen molar-refractivity contribution in [3.05, 3.63) is 0 Å². The number of nitrogens with two attached hydrogens (primary N) is 1. The highest BCUT2D eigenvalue weighted by atomic mass is 16.7. The van der Waals surface area contributed by atoms with Gasteiger partial charge in [-0.2, -0.15) is 0 Å². The zero-order chi connectivity index (χ0) is 13.6. The van der Waals surface area contributed by atoms with Crippen molar-refractivity contribution < 1.29 is 9.47 Å². The van der Waals surface area contributed by atoms with Gasteiger partial charge in [0, 0.05) is 27.3 Å². The van der Waals surface area contributed by atoms with Crippen LogP contribution in [0.15, 0.2) is 0 Å². The second-order valence-corrected chi connectivity index (χ2v) is 5.75. The molecule has 1 fully saturated rings. The molecular formula is C14H30N2O2. The van der Waals surface area contributed by atoms with Crippen LogP contribution in [0.3, 0.4) is 0 Å². The van der Waals surface area contributed by atoms with Crippen LogP contribution in [0.1, 0.15) is 39.0 Å². The van der Waals surface area contributed by atoms with E-state index in [0.717, 1.165) is 12.5 Å². The summed E-state index contributed by atoms with van der Waals surface area (Å²) in [6.45, 7) is 3.73. The molecule has 4 heteroatoms. The first-order chi connectivity index (χ1) is 8.58. The number of likely N-dealkylation sites (N-methyl/N-ethyl adjacent to an activating group) is 1. The first-order valence-corrected chi connectivity index (χ1v) is 7.05. The summed E-state index contributed by atoms with van der Waals surface area (Å²) in [5.74, 6) is 0.795. The molecule has 0 amide bonds. The Kier molecular flexibility index (Phi) is 6.57. The first-order valence-electron chi connectivity index (χ1n) is 7.05. The normalized spacial score (nSPS) is 21.5. The number of methoxy groups -OCH3 is 2. The number of ether oxygens (including phenoxy) is 2. The summed E-state index contributed by atoms with van der Waals surface area (Å²) in [5.41, 5.74) is 5.70. The van der Waals surface area contributed by atoms with Crippen LogP contribution in [0.4, 0.5) is 0 Å². The Hall–Kier alpha value is -0.160. The molecule has 108 valence electrons. The van der Waals surface area contributed by atoms with Gasteiger partial charge in [0.25, 0.3) is 0 Å². The SMILES string of the molecule is COC(OC)C(C)(CN)N(C)CC1CCCCC1.